The van der Waals surface area contributed by atoms with Crippen LogP contribution in [0, 0.1) is 0 Å². The normalized spacial score (nSPS) is 11.4. The molecular weight excluding hydrogens is 226 g/mol. The van der Waals surface area contributed by atoms with E-state index in [2.05, 4.69) is 4.98 Å². The maximum atomic E-state index is 12.4. The Morgan fingerprint density at radius 3 is 2.44 bits per heavy atom. The van der Waals surface area contributed by atoms with Crippen LogP contribution >= 0.6 is 0 Å². The maximum Gasteiger partial charge on any atom is 0.488 e. The number of aromatic nitrogens is 1. The highest BCUT2D eigenvalue weighted by molar-refractivity contribution is 6.58. The highest BCUT2D eigenvalue weighted by Crippen LogP contribution is 2.28. The fraction of sp³-hybridized carbons (Fsp3) is 0.375. The molecular formula is C8H9BF3NO3. The molecule has 0 radical (unpaired) electrons. The number of pyridine rings is 1. The number of nitrogens with zero attached hydrogens (tertiary/aromatic N) is 1. The molecule has 0 spiro atoms. The molecule has 0 amide bonds. The number of alkyl halides is 3. The van der Waals surface area contributed by atoms with Crippen LogP contribution in [0.4, 0.5) is 13.2 Å². The summed E-state index contributed by atoms with van der Waals surface area (Å²) in [4.78, 5) is 3.21. The topological polar surface area (TPSA) is 62.6 Å². The minimum absolute atomic E-state index is 0.134. The number of halogens is 3. The number of ether oxygens (including phenoxy) is 1. The van der Waals surface area contributed by atoms with Gasteiger partial charge in [-0.2, -0.15) is 13.2 Å². The molecule has 8 heteroatoms. The van der Waals surface area contributed by atoms with Crippen molar-refractivity contribution in [3.63, 3.8) is 0 Å². The average molecular weight is 235 g/mol. The van der Waals surface area contributed by atoms with Gasteiger partial charge in [-0.3, -0.25) is 0 Å². The number of rotatable bonds is 3. The Hall–Kier alpha value is -1.28. The highest BCUT2D eigenvalue weighted by atomic mass is 19.4. The van der Waals surface area contributed by atoms with Crippen molar-refractivity contribution < 1.29 is 28.0 Å². The first-order valence-electron chi connectivity index (χ1n) is 4.42. The molecule has 0 saturated carbocycles. The van der Waals surface area contributed by atoms with Crippen LogP contribution in [0.1, 0.15) is 12.6 Å². The SMILES string of the molecule is CCOc1cc(B(O)O)cc(C(F)(F)F)n1. The van der Waals surface area contributed by atoms with Crippen molar-refractivity contribution in [3.05, 3.63) is 17.8 Å². The lowest BCUT2D eigenvalue weighted by Crippen LogP contribution is -2.31. The van der Waals surface area contributed by atoms with Crippen molar-refractivity contribution >= 4 is 12.6 Å². The summed E-state index contributed by atoms with van der Waals surface area (Å²) in [5.41, 5.74) is -1.53. The first-order valence-corrected chi connectivity index (χ1v) is 4.42. The summed E-state index contributed by atoms with van der Waals surface area (Å²) in [7, 11) is -2.00. The van der Waals surface area contributed by atoms with Gasteiger partial charge in [0.05, 0.1) is 6.61 Å². The number of hydrogen-bond donors (Lipinski definition) is 2. The molecule has 1 rings (SSSR count). The predicted molar refractivity (Wildman–Crippen MR) is 50.2 cm³/mol. The molecule has 1 aromatic heterocycles. The quantitative estimate of drug-likeness (QED) is 0.733. The molecule has 0 aliphatic heterocycles. The van der Waals surface area contributed by atoms with Crippen molar-refractivity contribution in [3.8, 4) is 5.88 Å². The zero-order valence-electron chi connectivity index (χ0n) is 8.32. The highest BCUT2D eigenvalue weighted by Gasteiger charge is 2.34. The molecule has 0 saturated heterocycles. The summed E-state index contributed by atoms with van der Waals surface area (Å²) >= 11 is 0. The van der Waals surface area contributed by atoms with Gasteiger partial charge in [-0.15, -0.1) is 0 Å². The molecule has 0 bridgehead atoms. The first kappa shape index (κ1) is 12.8. The summed E-state index contributed by atoms with van der Waals surface area (Å²) in [6.07, 6.45) is -4.66. The molecule has 4 nitrogen and oxygen atoms in total. The first-order chi connectivity index (χ1) is 7.34. The van der Waals surface area contributed by atoms with E-state index in [1.807, 2.05) is 0 Å². The average Bonchev–Trinajstić information content (AvgIpc) is 2.16. The van der Waals surface area contributed by atoms with Crippen LogP contribution in [0.15, 0.2) is 12.1 Å². The van der Waals surface area contributed by atoms with Gasteiger partial charge in [0.2, 0.25) is 5.88 Å². The van der Waals surface area contributed by atoms with E-state index in [1.54, 1.807) is 6.92 Å². The second-order valence-electron chi connectivity index (χ2n) is 2.93. The van der Waals surface area contributed by atoms with Crippen molar-refractivity contribution in [2.75, 3.05) is 6.61 Å². The Kier molecular flexibility index (Phi) is 3.76. The molecule has 2 N–H and O–H groups in total. The lowest BCUT2D eigenvalue weighted by Gasteiger charge is -2.10. The van der Waals surface area contributed by atoms with Gasteiger partial charge in [-0.05, 0) is 18.5 Å². The zero-order chi connectivity index (χ0) is 12.3. The van der Waals surface area contributed by atoms with Crippen molar-refractivity contribution in [1.82, 2.24) is 4.98 Å². The molecule has 1 heterocycles. The Morgan fingerprint density at radius 2 is 2.00 bits per heavy atom. The fourth-order valence-electron chi connectivity index (χ4n) is 1.04. The fourth-order valence-corrected chi connectivity index (χ4v) is 1.04. The van der Waals surface area contributed by atoms with Gasteiger partial charge in [0, 0.05) is 6.07 Å². The van der Waals surface area contributed by atoms with Crippen LogP contribution in [0.3, 0.4) is 0 Å². The van der Waals surface area contributed by atoms with Gasteiger partial charge in [0.1, 0.15) is 5.69 Å². The van der Waals surface area contributed by atoms with Crippen LogP contribution in [0.2, 0.25) is 0 Å². The van der Waals surface area contributed by atoms with E-state index in [0.717, 1.165) is 6.07 Å². The lowest BCUT2D eigenvalue weighted by atomic mass is 9.80. The van der Waals surface area contributed by atoms with Gasteiger partial charge in [-0.25, -0.2) is 4.98 Å². The standard InChI is InChI=1S/C8H9BF3NO3/c1-2-16-7-4-5(9(14)15)3-6(13-7)8(10,11)12/h3-4,14-15H,2H2,1H3. The van der Waals surface area contributed by atoms with E-state index in [-0.39, 0.29) is 17.9 Å². The Morgan fingerprint density at radius 1 is 1.38 bits per heavy atom. The predicted octanol–water partition coefficient (Wildman–Crippen LogP) is 0.179. The van der Waals surface area contributed by atoms with Crippen LogP contribution < -0.4 is 10.2 Å². The van der Waals surface area contributed by atoms with E-state index >= 15 is 0 Å². The van der Waals surface area contributed by atoms with E-state index in [0.29, 0.717) is 6.07 Å². The van der Waals surface area contributed by atoms with Crippen molar-refractivity contribution in [2.45, 2.75) is 13.1 Å². The second-order valence-corrected chi connectivity index (χ2v) is 2.93. The molecule has 0 aliphatic carbocycles. The third-order valence-electron chi connectivity index (χ3n) is 1.70. The maximum absolute atomic E-state index is 12.4. The molecule has 0 aliphatic rings. The molecule has 0 fully saturated rings. The molecule has 1 aromatic rings. The zero-order valence-corrected chi connectivity index (χ0v) is 8.32. The monoisotopic (exact) mass is 235 g/mol. The summed E-state index contributed by atoms with van der Waals surface area (Å²) < 4.78 is 41.9. The van der Waals surface area contributed by atoms with Crippen molar-refractivity contribution in [1.29, 1.82) is 0 Å². The van der Waals surface area contributed by atoms with Gasteiger partial charge in [-0.1, -0.05) is 0 Å². The van der Waals surface area contributed by atoms with Gasteiger partial charge < -0.3 is 14.8 Å². The summed E-state index contributed by atoms with van der Waals surface area (Å²) in [6.45, 7) is 1.71. The Bertz CT molecular complexity index is 370. The molecule has 88 valence electrons. The third-order valence-corrected chi connectivity index (χ3v) is 1.70. The van der Waals surface area contributed by atoms with E-state index in [4.69, 9.17) is 14.8 Å². The van der Waals surface area contributed by atoms with Gasteiger partial charge in [0.15, 0.2) is 0 Å². The number of hydrogen-bond acceptors (Lipinski definition) is 4. The van der Waals surface area contributed by atoms with Gasteiger partial charge >= 0.3 is 13.3 Å². The van der Waals surface area contributed by atoms with E-state index in [9.17, 15) is 13.2 Å². The largest absolute Gasteiger partial charge is 0.488 e. The van der Waals surface area contributed by atoms with Crippen LogP contribution in [-0.2, 0) is 6.18 Å². The van der Waals surface area contributed by atoms with Crippen molar-refractivity contribution in [2.24, 2.45) is 0 Å². The third kappa shape index (κ3) is 3.11. The summed E-state index contributed by atoms with van der Waals surface area (Å²) in [6, 6.07) is 1.61. The molecule has 16 heavy (non-hydrogen) atoms. The van der Waals surface area contributed by atoms with Crippen LogP contribution in [-0.4, -0.2) is 28.8 Å². The minimum Gasteiger partial charge on any atom is -0.478 e. The molecule has 0 unspecified atom stereocenters. The van der Waals surface area contributed by atoms with Crippen LogP contribution in [0.5, 0.6) is 5.88 Å². The van der Waals surface area contributed by atoms with E-state index in [1.165, 1.54) is 0 Å². The Labute approximate surface area is 89.8 Å². The lowest BCUT2D eigenvalue weighted by molar-refractivity contribution is -0.141. The second kappa shape index (κ2) is 4.71. The van der Waals surface area contributed by atoms with E-state index < -0.39 is 19.0 Å². The van der Waals surface area contributed by atoms with Crippen LogP contribution in [0.25, 0.3) is 0 Å². The molecule has 0 atom stereocenters. The smallest absolute Gasteiger partial charge is 0.478 e. The Balaban J connectivity index is 3.19. The summed E-state index contributed by atoms with van der Waals surface area (Å²) in [5, 5.41) is 17.6. The van der Waals surface area contributed by atoms with Gasteiger partial charge in [0.25, 0.3) is 0 Å². The summed E-state index contributed by atoms with van der Waals surface area (Å²) in [5.74, 6) is -0.291. The molecule has 0 aromatic carbocycles. The minimum atomic E-state index is -4.66.